The number of nitro groups is 1. The number of benzene rings is 1. The van der Waals surface area contributed by atoms with Crippen LogP contribution in [0, 0.1) is 21.4 Å². The Morgan fingerprint density at radius 3 is 2.64 bits per heavy atom. The van der Waals surface area contributed by atoms with E-state index in [0.29, 0.717) is 4.90 Å². The minimum Gasteiger partial charge on any atom is -0.612 e. The zero-order valence-electron chi connectivity index (χ0n) is 7.26. The third kappa shape index (κ3) is 2.02. The fourth-order valence-corrected chi connectivity index (χ4v) is 1.47. The van der Waals surface area contributed by atoms with Gasteiger partial charge in [-0.25, -0.2) is 0 Å². The van der Waals surface area contributed by atoms with Crippen molar-refractivity contribution < 1.29 is 9.48 Å². The predicted molar refractivity (Wildman–Crippen MR) is 50.1 cm³/mol. The lowest BCUT2D eigenvalue weighted by Crippen LogP contribution is -2.00. The first kappa shape index (κ1) is 10.5. The Labute approximate surface area is 83.3 Å². The molecule has 0 saturated carbocycles. The minimum atomic E-state index is -1.28. The fraction of sp³-hybridized carbons (Fsp3) is 0.125. The zero-order chi connectivity index (χ0) is 10.7. The summed E-state index contributed by atoms with van der Waals surface area (Å²) in [6, 6.07) is 5.61. The van der Waals surface area contributed by atoms with Gasteiger partial charge in [-0.05, 0) is 23.3 Å². The molecule has 0 aliphatic rings. The quantitative estimate of drug-likeness (QED) is 0.416. The number of rotatable bonds is 2. The van der Waals surface area contributed by atoms with Gasteiger partial charge in [0.2, 0.25) is 0 Å². The van der Waals surface area contributed by atoms with E-state index in [2.05, 4.69) is 0 Å². The topological polar surface area (TPSA) is 90.0 Å². The van der Waals surface area contributed by atoms with E-state index in [-0.39, 0.29) is 11.3 Å². The molecular formula is C8H6N2O3S. The molecule has 1 aromatic carbocycles. The first-order chi connectivity index (χ1) is 6.56. The molecule has 0 aliphatic heterocycles. The number of nitriles is 1. The molecule has 0 aliphatic carbocycles. The van der Waals surface area contributed by atoms with Crippen molar-refractivity contribution in [3.63, 3.8) is 0 Å². The van der Waals surface area contributed by atoms with Gasteiger partial charge in [0.15, 0.2) is 4.90 Å². The van der Waals surface area contributed by atoms with Crippen LogP contribution in [0.2, 0.25) is 0 Å². The van der Waals surface area contributed by atoms with Crippen LogP contribution in [0.1, 0.15) is 5.56 Å². The van der Waals surface area contributed by atoms with E-state index < -0.39 is 16.1 Å². The third-order valence-electron chi connectivity index (χ3n) is 1.62. The van der Waals surface area contributed by atoms with Gasteiger partial charge in [0.05, 0.1) is 11.0 Å². The van der Waals surface area contributed by atoms with Crippen LogP contribution in [-0.2, 0) is 11.2 Å². The summed E-state index contributed by atoms with van der Waals surface area (Å²) in [5.74, 6) is 0. The van der Waals surface area contributed by atoms with Crippen molar-refractivity contribution >= 4 is 16.9 Å². The second kappa shape index (κ2) is 4.09. The van der Waals surface area contributed by atoms with Gasteiger partial charge in [-0.2, -0.15) is 5.26 Å². The lowest BCUT2D eigenvalue weighted by Gasteiger charge is -2.03. The van der Waals surface area contributed by atoms with Gasteiger partial charge >= 0.3 is 0 Å². The highest BCUT2D eigenvalue weighted by Gasteiger charge is 2.17. The summed E-state index contributed by atoms with van der Waals surface area (Å²) in [5.41, 5.74) is -0.329. The molecule has 0 amide bonds. The van der Waals surface area contributed by atoms with Crippen LogP contribution >= 0.6 is 0 Å². The maximum Gasteiger partial charge on any atom is 0.292 e. The lowest BCUT2D eigenvalue weighted by molar-refractivity contribution is -0.385. The van der Waals surface area contributed by atoms with E-state index >= 15 is 0 Å². The molecule has 1 atom stereocenters. The van der Waals surface area contributed by atoms with Gasteiger partial charge in [-0.15, -0.1) is 0 Å². The van der Waals surface area contributed by atoms with Crippen molar-refractivity contribution in [2.45, 2.75) is 4.90 Å². The maximum atomic E-state index is 11.0. The molecule has 0 bridgehead atoms. The zero-order valence-corrected chi connectivity index (χ0v) is 8.08. The number of nitrogens with zero attached hydrogens (tertiary/aromatic N) is 2. The average molecular weight is 210 g/mol. The first-order valence-electron chi connectivity index (χ1n) is 3.58. The molecule has 1 aromatic rings. The Morgan fingerprint density at radius 2 is 2.21 bits per heavy atom. The van der Waals surface area contributed by atoms with Crippen molar-refractivity contribution in [1.82, 2.24) is 0 Å². The van der Waals surface area contributed by atoms with Crippen LogP contribution in [0.25, 0.3) is 0 Å². The summed E-state index contributed by atoms with van der Waals surface area (Å²) in [5, 5.41) is 19.1. The Kier molecular flexibility index (Phi) is 3.06. The van der Waals surface area contributed by atoms with Gasteiger partial charge in [0.25, 0.3) is 5.69 Å². The van der Waals surface area contributed by atoms with Crippen molar-refractivity contribution in [1.29, 1.82) is 5.26 Å². The average Bonchev–Trinajstić information content (AvgIpc) is 2.16. The Balaban J connectivity index is 3.30. The standard InChI is InChI=1S/C8H6N2O3S/c1-14(13)7-3-2-6(5-9)8(4-7)10(11)12/h2-4H,1H3. The molecule has 1 unspecified atom stereocenters. The van der Waals surface area contributed by atoms with Crippen LogP contribution in [0.15, 0.2) is 23.1 Å². The Bertz CT molecular complexity index is 412. The van der Waals surface area contributed by atoms with Crippen molar-refractivity contribution in [3.05, 3.63) is 33.9 Å². The van der Waals surface area contributed by atoms with Crippen molar-refractivity contribution in [3.8, 4) is 6.07 Å². The molecular weight excluding hydrogens is 204 g/mol. The molecule has 0 spiro atoms. The molecule has 0 radical (unpaired) electrons. The summed E-state index contributed by atoms with van der Waals surface area (Å²) in [4.78, 5) is 10.2. The molecule has 0 heterocycles. The van der Waals surface area contributed by atoms with Crippen molar-refractivity contribution in [2.24, 2.45) is 0 Å². The molecule has 0 N–H and O–H groups in total. The first-order valence-corrected chi connectivity index (χ1v) is 5.14. The molecule has 0 aromatic heterocycles. The van der Waals surface area contributed by atoms with E-state index in [1.165, 1.54) is 18.4 Å². The highest BCUT2D eigenvalue weighted by atomic mass is 32.2. The summed E-state index contributed by atoms with van der Waals surface area (Å²) in [7, 11) is 0. The molecule has 0 fully saturated rings. The summed E-state index contributed by atoms with van der Waals surface area (Å²) in [6.45, 7) is 0. The maximum absolute atomic E-state index is 11.0. The summed E-state index contributed by atoms with van der Waals surface area (Å²) in [6.07, 6.45) is 1.42. The Morgan fingerprint density at radius 1 is 1.57 bits per heavy atom. The second-order valence-electron chi connectivity index (χ2n) is 2.50. The lowest BCUT2D eigenvalue weighted by atomic mass is 10.2. The van der Waals surface area contributed by atoms with Crippen LogP contribution < -0.4 is 0 Å². The number of hydrogen-bond acceptors (Lipinski definition) is 4. The second-order valence-corrected chi connectivity index (χ2v) is 3.88. The highest BCUT2D eigenvalue weighted by Crippen LogP contribution is 2.21. The van der Waals surface area contributed by atoms with Crippen molar-refractivity contribution in [2.75, 3.05) is 6.26 Å². The monoisotopic (exact) mass is 210 g/mol. The molecule has 14 heavy (non-hydrogen) atoms. The highest BCUT2D eigenvalue weighted by molar-refractivity contribution is 7.90. The Hall–Kier alpha value is -1.58. The van der Waals surface area contributed by atoms with Crippen LogP contribution in [0.3, 0.4) is 0 Å². The van der Waals surface area contributed by atoms with Crippen LogP contribution in [0.4, 0.5) is 5.69 Å². The largest absolute Gasteiger partial charge is 0.612 e. The summed E-state index contributed by atoms with van der Waals surface area (Å²) >= 11 is -1.28. The molecule has 72 valence electrons. The normalized spacial score (nSPS) is 11.8. The van der Waals surface area contributed by atoms with Gasteiger partial charge in [-0.1, -0.05) is 0 Å². The smallest absolute Gasteiger partial charge is 0.292 e. The predicted octanol–water partition coefficient (Wildman–Crippen LogP) is 1.20. The number of hydrogen-bond donors (Lipinski definition) is 0. The SMILES string of the molecule is C[S+]([O-])c1ccc(C#N)c([N+](=O)[O-])c1. The minimum absolute atomic E-state index is 0.0239. The van der Waals surface area contributed by atoms with Gasteiger partial charge in [-0.3, -0.25) is 10.1 Å². The van der Waals surface area contributed by atoms with Crippen LogP contribution in [0.5, 0.6) is 0 Å². The number of nitro benzene ring substituents is 1. The third-order valence-corrected chi connectivity index (χ3v) is 2.54. The molecule has 5 nitrogen and oxygen atoms in total. The molecule has 1 rings (SSSR count). The van der Waals surface area contributed by atoms with E-state index in [1.807, 2.05) is 0 Å². The van der Waals surface area contributed by atoms with E-state index in [9.17, 15) is 14.7 Å². The van der Waals surface area contributed by atoms with E-state index in [4.69, 9.17) is 5.26 Å². The van der Waals surface area contributed by atoms with E-state index in [1.54, 1.807) is 6.07 Å². The summed E-state index contributed by atoms with van der Waals surface area (Å²) < 4.78 is 11.0. The molecule has 6 heteroatoms. The van der Waals surface area contributed by atoms with Gasteiger partial charge in [0, 0.05) is 0 Å². The van der Waals surface area contributed by atoms with Crippen LogP contribution in [-0.4, -0.2) is 15.7 Å². The fourth-order valence-electron chi connectivity index (χ4n) is 0.936. The van der Waals surface area contributed by atoms with Gasteiger partial charge in [0.1, 0.15) is 17.9 Å². The van der Waals surface area contributed by atoms with Gasteiger partial charge < -0.3 is 4.55 Å². The van der Waals surface area contributed by atoms with E-state index in [0.717, 1.165) is 6.07 Å². The molecule has 0 saturated heterocycles.